The van der Waals surface area contributed by atoms with Crippen LogP contribution in [0.3, 0.4) is 0 Å². The zero-order valence-corrected chi connectivity index (χ0v) is 6.96. The van der Waals surface area contributed by atoms with E-state index in [-0.39, 0.29) is 0 Å². The minimum Gasteiger partial charge on any atom is -0.468 e. The van der Waals surface area contributed by atoms with Crippen LogP contribution in [-0.4, -0.2) is 22.1 Å². The fraction of sp³-hybridized carbons (Fsp3) is 0.250. The molecule has 2 heterocycles. The summed E-state index contributed by atoms with van der Waals surface area (Å²) in [6.45, 7) is 1.93. The number of imidazole rings is 1. The maximum atomic E-state index is 4.93. The lowest BCUT2D eigenvalue weighted by Gasteiger charge is -1.87. The van der Waals surface area contributed by atoms with E-state index in [1.54, 1.807) is 7.11 Å². The van der Waals surface area contributed by atoms with Crippen molar-refractivity contribution in [3.05, 3.63) is 17.8 Å². The first-order valence-corrected chi connectivity index (χ1v) is 3.67. The molecule has 4 nitrogen and oxygen atoms in total. The van der Waals surface area contributed by atoms with Gasteiger partial charge in [0, 0.05) is 5.69 Å². The first-order valence-electron chi connectivity index (χ1n) is 3.67. The van der Waals surface area contributed by atoms with E-state index < -0.39 is 0 Å². The van der Waals surface area contributed by atoms with Gasteiger partial charge in [0.25, 0.3) is 6.01 Å². The largest absolute Gasteiger partial charge is 0.468 e. The van der Waals surface area contributed by atoms with Gasteiger partial charge in [-0.05, 0) is 19.1 Å². The van der Waals surface area contributed by atoms with Gasteiger partial charge in [-0.25, -0.2) is 4.98 Å². The number of aromatic nitrogens is 3. The topological polar surface area (TPSA) is 50.8 Å². The molecule has 0 aliphatic carbocycles. The van der Waals surface area contributed by atoms with E-state index in [0.29, 0.717) is 11.7 Å². The van der Waals surface area contributed by atoms with Crippen molar-refractivity contribution in [2.24, 2.45) is 0 Å². The molecule has 2 rings (SSSR count). The van der Waals surface area contributed by atoms with Crippen molar-refractivity contribution in [3.8, 4) is 6.01 Å². The van der Waals surface area contributed by atoms with Crippen LogP contribution < -0.4 is 4.74 Å². The molecule has 0 saturated heterocycles. The lowest BCUT2D eigenvalue weighted by atomic mass is 10.4. The predicted octanol–water partition coefficient (Wildman–Crippen LogP) is 1.27. The van der Waals surface area contributed by atoms with Crippen molar-refractivity contribution in [1.29, 1.82) is 0 Å². The number of hydrogen-bond donors (Lipinski definition) is 1. The van der Waals surface area contributed by atoms with Gasteiger partial charge in [0.2, 0.25) is 0 Å². The van der Waals surface area contributed by atoms with Crippen molar-refractivity contribution >= 4 is 11.2 Å². The molecule has 12 heavy (non-hydrogen) atoms. The molecular weight excluding hydrogens is 154 g/mol. The molecule has 0 unspecified atom stereocenters. The van der Waals surface area contributed by atoms with Gasteiger partial charge in [0.15, 0.2) is 5.65 Å². The molecule has 0 amide bonds. The van der Waals surface area contributed by atoms with Gasteiger partial charge in [-0.15, -0.1) is 0 Å². The van der Waals surface area contributed by atoms with Crippen LogP contribution >= 0.6 is 0 Å². The van der Waals surface area contributed by atoms with E-state index >= 15 is 0 Å². The average Bonchev–Trinajstić information content (AvgIpc) is 2.46. The molecule has 0 aliphatic rings. The Balaban J connectivity index is 2.67. The summed E-state index contributed by atoms with van der Waals surface area (Å²) in [6.07, 6.45) is 0. The summed E-state index contributed by atoms with van der Waals surface area (Å²) in [5.74, 6) is 0. The highest BCUT2D eigenvalue weighted by molar-refractivity contribution is 5.71. The molecule has 1 N–H and O–H groups in total. The van der Waals surface area contributed by atoms with Crippen LogP contribution in [0.4, 0.5) is 0 Å². The van der Waals surface area contributed by atoms with Crippen LogP contribution in [0, 0.1) is 6.92 Å². The van der Waals surface area contributed by atoms with E-state index in [4.69, 9.17) is 4.74 Å². The molecule has 2 aromatic rings. The van der Waals surface area contributed by atoms with Crippen LogP contribution in [-0.2, 0) is 0 Å². The normalized spacial score (nSPS) is 10.5. The standard InChI is InChI=1S/C8H9N3O/c1-5-3-4-6-7(9-5)11-8(10-6)12-2/h3-4H,1-2H3,(H,9,10,11). The Morgan fingerprint density at radius 2 is 2.17 bits per heavy atom. The van der Waals surface area contributed by atoms with Gasteiger partial charge in [-0.3, -0.25) is 0 Å². The van der Waals surface area contributed by atoms with Crippen molar-refractivity contribution in [2.75, 3.05) is 7.11 Å². The Bertz CT molecular complexity index is 408. The predicted molar refractivity (Wildman–Crippen MR) is 45.2 cm³/mol. The van der Waals surface area contributed by atoms with Crippen LogP contribution in [0.15, 0.2) is 12.1 Å². The molecule has 0 fully saturated rings. The number of nitrogens with zero attached hydrogens (tertiary/aromatic N) is 2. The summed E-state index contributed by atoms with van der Waals surface area (Å²) in [7, 11) is 1.57. The Hall–Kier alpha value is -1.58. The zero-order valence-electron chi connectivity index (χ0n) is 6.96. The number of methoxy groups -OCH3 is 1. The maximum Gasteiger partial charge on any atom is 0.295 e. The number of H-pyrrole nitrogens is 1. The number of fused-ring (bicyclic) bond motifs is 1. The Morgan fingerprint density at radius 3 is 2.92 bits per heavy atom. The minimum atomic E-state index is 0.503. The zero-order chi connectivity index (χ0) is 8.55. The third-order valence-corrected chi connectivity index (χ3v) is 1.66. The quantitative estimate of drug-likeness (QED) is 0.688. The third kappa shape index (κ3) is 1.01. The van der Waals surface area contributed by atoms with Crippen molar-refractivity contribution in [2.45, 2.75) is 6.92 Å². The van der Waals surface area contributed by atoms with Gasteiger partial charge in [-0.1, -0.05) is 0 Å². The number of pyridine rings is 1. The first kappa shape index (κ1) is 7.09. The second kappa shape index (κ2) is 2.48. The van der Waals surface area contributed by atoms with Gasteiger partial charge in [0.1, 0.15) is 0 Å². The van der Waals surface area contributed by atoms with Crippen molar-refractivity contribution in [3.63, 3.8) is 0 Å². The molecule has 4 heteroatoms. The maximum absolute atomic E-state index is 4.93. The highest BCUT2D eigenvalue weighted by Gasteiger charge is 2.02. The Labute approximate surface area is 69.6 Å². The molecule has 0 radical (unpaired) electrons. The van der Waals surface area contributed by atoms with E-state index in [2.05, 4.69) is 15.0 Å². The molecule has 2 aromatic heterocycles. The smallest absolute Gasteiger partial charge is 0.295 e. The highest BCUT2D eigenvalue weighted by atomic mass is 16.5. The molecule has 0 bridgehead atoms. The van der Waals surface area contributed by atoms with Crippen LogP contribution in [0.5, 0.6) is 6.01 Å². The van der Waals surface area contributed by atoms with E-state index in [1.165, 1.54) is 0 Å². The van der Waals surface area contributed by atoms with Gasteiger partial charge < -0.3 is 9.72 Å². The number of nitrogens with one attached hydrogen (secondary N) is 1. The van der Waals surface area contributed by atoms with Gasteiger partial charge >= 0.3 is 0 Å². The van der Waals surface area contributed by atoms with Crippen LogP contribution in [0.2, 0.25) is 0 Å². The van der Waals surface area contributed by atoms with Crippen LogP contribution in [0.1, 0.15) is 5.69 Å². The lowest BCUT2D eigenvalue weighted by molar-refractivity contribution is 0.386. The van der Waals surface area contributed by atoms with Crippen molar-refractivity contribution in [1.82, 2.24) is 15.0 Å². The summed E-state index contributed by atoms with van der Waals surface area (Å²) in [6, 6.07) is 4.37. The summed E-state index contributed by atoms with van der Waals surface area (Å²) in [4.78, 5) is 11.3. The molecule has 0 spiro atoms. The van der Waals surface area contributed by atoms with E-state index in [9.17, 15) is 0 Å². The summed E-state index contributed by atoms with van der Waals surface area (Å²) in [5, 5.41) is 0. The monoisotopic (exact) mass is 163 g/mol. The number of rotatable bonds is 1. The Kier molecular flexibility index (Phi) is 1.46. The van der Waals surface area contributed by atoms with Crippen molar-refractivity contribution < 1.29 is 4.74 Å². The molecule has 0 atom stereocenters. The van der Waals surface area contributed by atoms with Crippen LogP contribution in [0.25, 0.3) is 11.2 Å². The second-order valence-corrected chi connectivity index (χ2v) is 2.57. The van der Waals surface area contributed by atoms with E-state index in [1.807, 2.05) is 19.1 Å². The fourth-order valence-electron chi connectivity index (χ4n) is 1.06. The second-order valence-electron chi connectivity index (χ2n) is 2.57. The summed E-state index contributed by atoms with van der Waals surface area (Å²) in [5.41, 5.74) is 2.56. The number of hydrogen-bond acceptors (Lipinski definition) is 3. The number of aromatic amines is 1. The highest BCUT2D eigenvalue weighted by Crippen LogP contribution is 2.13. The molecule has 0 aromatic carbocycles. The van der Waals surface area contributed by atoms with Gasteiger partial charge in [-0.2, -0.15) is 4.98 Å². The fourth-order valence-corrected chi connectivity index (χ4v) is 1.06. The minimum absolute atomic E-state index is 0.503. The molecule has 0 aliphatic heterocycles. The number of ether oxygens (including phenoxy) is 1. The summed E-state index contributed by atoms with van der Waals surface area (Å²) < 4.78 is 4.93. The first-order chi connectivity index (χ1) is 5.79. The Morgan fingerprint density at radius 1 is 1.33 bits per heavy atom. The van der Waals surface area contributed by atoms with Gasteiger partial charge in [0.05, 0.1) is 12.6 Å². The third-order valence-electron chi connectivity index (χ3n) is 1.66. The molecular formula is C8H9N3O. The summed E-state index contributed by atoms with van der Waals surface area (Å²) >= 11 is 0. The lowest BCUT2D eigenvalue weighted by Crippen LogP contribution is -1.83. The van der Waals surface area contributed by atoms with E-state index in [0.717, 1.165) is 11.2 Å². The SMILES string of the molecule is COc1nc2nc(C)ccc2[nH]1. The number of aryl methyl sites for hydroxylation is 1. The molecule has 62 valence electrons. The molecule has 0 saturated carbocycles. The average molecular weight is 163 g/mol.